The van der Waals surface area contributed by atoms with Crippen LogP contribution in [-0.4, -0.2) is 10.9 Å². The van der Waals surface area contributed by atoms with Gasteiger partial charge in [0.25, 0.3) is 5.91 Å². The predicted molar refractivity (Wildman–Crippen MR) is 114 cm³/mol. The Labute approximate surface area is 175 Å². The van der Waals surface area contributed by atoms with E-state index in [-0.39, 0.29) is 5.57 Å². The molecule has 0 aliphatic rings. The number of amides is 1. The first-order valence-electron chi connectivity index (χ1n) is 8.35. The number of rotatable bonds is 6. The second-order valence-electron chi connectivity index (χ2n) is 5.93. The lowest BCUT2D eigenvalue weighted by Crippen LogP contribution is -2.13. The second-order valence-corrected chi connectivity index (χ2v) is 7.68. The zero-order valence-electron chi connectivity index (χ0n) is 15.0. The monoisotopic (exact) mass is 453 g/mol. The number of nitriles is 1. The molecule has 0 saturated heterocycles. The number of aromatic nitrogens is 1. The number of anilines is 1. The van der Waals surface area contributed by atoms with E-state index in [0.717, 1.165) is 10.0 Å². The van der Waals surface area contributed by atoms with Crippen molar-refractivity contribution >= 4 is 44.4 Å². The number of hydrogen-bond acceptors (Lipinski definition) is 5. The molecule has 5 nitrogen and oxygen atoms in total. The molecular weight excluding hydrogens is 438 g/mol. The maximum Gasteiger partial charge on any atom is 0.268 e. The molecule has 0 atom stereocenters. The maximum atomic E-state index is 12.2. The number of carbonyl (C=O) groups excluding carboxylic acids is 1. The van der Waals surface area contributed by atoms with Gasteiger partial charge in [-0.3, -0.25) is 10.1 Å². The molecule has 1 heterocycles. The Bertz CT molecular complexity index is 1060. The average molecular weight is 454 g/mol. The summed E-state index contributed by atoms with van der Waals surface area (Å²) in [5, 5.41) is 14.1. The number of thiazole rings is 1. The van der Waals surface area contributed by atoms with Crippen LogP contribution in [0.1, 0.15) is 16.7 Å². The number of nitrogens with one attached hydrogen (secondary N) is 1. The van der Waals surface area contributed by atoms with Gasteiger partial charge in [-0.1, -0.05) is 35.9 Å². The van der Waals surface area contributed by atoms with E-state index in [2.05, 4.69) is 32.3 Å². The van der Waals surface area contributed by atoms with E-state index in [4.69, 9.17) is 4.74 Å². The Balaban J connectivity index is 1.70. The van der Waals surface area contributed by atoms with Crippen LogP contribution >= 0.6 is 27.3 Å². The van der Waals surface area contributed by atoms with Gasteiger partial charge >= 0.3 is 0 Å². The standard InChI is InChI=1S/C21H16BrN3O2S/c1-14-3-2-4-16(9-14)13-27-19-6-5-15(11-18(19)22)10-17(12-23)20(26)25-21-24-7-8-28-21/h2-11H,13H2,1H3,(H,24,25,26)/b17-10-. The molecule has 0 aliphatic heterocycles. The number of ether oxygens (including phenoxy) is 1. The van der Waals surface area contributed by atoms with Crippen LogP contribution in [0, 0.1) is 18.3 Å². The molecule has 0 bridgehead atoms. The van der Waals surface area contributed by atoms with Crippen molar-refractivity contribution in [3.63, 3.8) is 0 Å². The van der Waals surface area contributed by atoms with Crippen LogP contribution in [0.15, 0.2) is 64.1 Å². The number of benzene rings is 2. The molecule has 0 saturated carbocycles. The summed E-state index contributed by atoms with van der Waals surface area (Å²) in [4.78, 5) is 16.2. The summed E-state index contributed by atoms with van der Waals surface area (Å²) in [5.74, 6) is 0.192. The smallest absolute Gasteiger partial charge is 0.268 e. The highest BCUT2D eigenvalue weighted by atomic mass is 79.9. The Morgan fingerprint density at radius 1 is 1.36 bits per heavy atom. The summed E-state index contributed by atoms with van der Waals surface area (Å²) in [6.45, 7) is 2.49. The summed E-state index contributed by atoms with van der Waals surface area (Å²) < 4.78 is 6.61. The third-order valence-corrected chi connectivity index (χ3v) is 5.07. The SMILES string of the molecule is Cc1cccc(COc2ccc(/C=C(/C#N)C(=O)Nc3nccs3)cc2Br)c1. The molecule has 0 aliphatic carbocycles. The Kier molecular flexibility index (Phi) is 6.58. The Morgan fingerprint density at radius 2 is 2.21 bits per heavy atom. The van der Waals surface area contributed by atoms with E-state index in [0.29, 0.717) is 23.1 Å². The zero-order valence-corrected chi connectivity index (χ0v) is 17.4. The molecular formula is C21H16BrN3O2S. The van der Waals surface area contributed by atoms with E-state index < -0.39 is 5.91 Å². The van der Waals surface area contributed by atoms with Crippen molar-refractivity contribution in [2.45, 2.75) is 13.5 Å². The lowest BCUT2D eigenvalue weighted by Gasteiger charge is -2.09. The first kappa shape index (κ1) is 19.8. The lowest BCUT2D eigenvalue weighted by molar-refractivity contribution is -0.112. The number of aryl methyl sites for hydroxylation is 1. The third-order valence-electron chi connectivity index (χ3n) is 3.76. The summed E-state index contributed by atoms with van der Waals surface area (Å²) in [7, 11) is 0. The van der Waals surface area contributed by atoms with Crippen LogP contribution in [-0.2, 0) is 11.4 Å². The third kappa shape index (κ3) is 5.28. The molecule has 140 valence electrons. The van der Waals surface area contributed by atoms with Crippen molar-refractivity contribution in [1.29, 1.82) is 5.26 Å². The highest BCUT2D eigenvalue weighted by Gasteiger charge is 2.11. The molecule has 0 unspecified atom stereocenters. The molecule has 0 spiro atoms. The second kappa shape index (κ2) is 9.31. The normalized spacial score (nSPS) is 11.0. The van der Waals surface area contributed by atoms with E-state index in [1.165, 1.54) is 23.0 Å². The number of halogens is 1. The van der Waals surface area contributed by atoms with Crippen molar-refractivity contribution in [2.75, 3.05) is 5.32 Å². The fourth-order valence-corrected chi connectivity index (χ4v) is 3.49. The first-order valence-corrected chi connectivity index (χ1v) is 10.0. The minimum Gasteiger partial charge on any atom is -0.488 e. The molecule has 28 heavy (non-hydrogen) atoms. The molecule has 3 rings (SSSR count). The number of carbonyl (C=O) groups is 1. The minimum absolute atomic E-state index is 0.00414. The van der Waals surface area contributed by atoms with Gasteiger partial charge in [0.1, 0.15) is 24.0 Å². The Morgan fingerprint density at radius 3 is 2.89 bits per heavy atom. The van der Waals surface area contributed by atoms with E-state index in [9.17, 15) is 10.1 Å². The van der Waals surface area contributed by atoms with E-state index in [1.807, 2.05) is 31.2 Å². The van der Waals surface area contributed by atoms with Crippen molar-refractivity contribution in [3.8, 4) is 11.8 Å². The zero-order chi connectivity index (χ0) is 19.9. The summed E-state index contributed by atoms with van der Waals surface area (Å²) in [5.41, 5.74) is 2.97. The molecule has 1 N–H and O–H groups in total. The van der Waals surface area contributed by atoms with Gasteiger partial charge in [0.15, 0.2) is 5.13 Å². The van der Waals surface area contributed by atoms with Gasteiger partial charge in [-0.2, -0.15) is 5.26 Å². The van der Waals surface area contributed by atoms with Crippen LogP contribution in [0.4, 0.5) is 5.13 Å². The molecule has 0 radical (unpaired) electrons. The van der Waals surface area contributed by atoms with Crippen LogP contribution in [0.2, 0.25) is 0 Å². The number of hydrogen-bond donors (Lipinski definition) is 1. The quantitative estimate of drug-likeness (QED) is 0.403. The van der Waals surface area contributed by atoms with Crippen molar-refractivity contribution in [3.05, 3.63) is 80.8 Å². The molecule has 0 fully saturated rings. The van der Waals surface area contributed by atoms with Crippen LogP contribution in [0.5, 0.6) is 5.75 Å². The van der Waals surface area contributed by atoms with Gasteiger partial charge in [0.05, 0.1) is 4.47 Å². The average Bonchev–Trinajstić information content (AvgIpc) is 3.18. The van der Waals surface area contributed by atoms with Gasteiger partial charge in [-0.15, -0.1) is 11.3 Å². The predicted octanol–water partition coefficient (Wildman–Crippen LogP) is 5.34. The largest absolute Gasteiger partial charge is 0.488 e. The molecule has 1 aromatic heterocycles. The highest BCUT2D eigenvalue weighted by Crippen LogP contribution is 2.28. The van der Waals surface area contributed by atoms with Gasteiger partial charge in [-0.05, 0) is 52.2 Å². The lowest BCUT2D eigenvalue weighted by atomic mass is 10.1. The van der Waals surface area contributed by atoms with Gasteiger partial charge in [0, 0.05) is 11.6 Å². The summed E-state index contributed by atoms with van der Waals surface area (Å²) in [6, 6.07) is 15.5. The molecule has 2 aromatic carbocycles. The summed E-state index contributed by atoms with van der Waals surface area (Å²) >= 11 is 4.78. The van der Waals surface area contributed by atoms with Crippen molar-refractivity contribution < 1.29 is 9.53 Å². The van der Waals surface area contributed by atoms with Crippen molar-refractivity contribution in [1.82, 2.24) is 4.98 Å². The minimum atomic E-state index is -0.492. The van der Waals surface area contributed by atoms with E-state index >= 15 is 0 Å². The first-order chi connectivity index (χ1) is 13.5. The molecule has 7 heteroatoms. The summed E-state index contributed by atoms with van der Waals surface area (Å²) in [6.07, 6.45) is 3.11. The van der Waals surface area contributed by atoms with Crippen molar-refractivity contribution in [2.24, 2.45) is 0 Å². The molecule has 3 aromatic rings. The Hall–Kier alpha value is -2.95. The van der Waals surface area contributed by atoms with Gasteiger partial charge < -0.3 is 4.74 Å². The van der Waals surface area contributed by atoms with Crippen LogP contribution in [0.3, 0.4) is 0 Å². The fraction of sp³-hybridized carbons (Fsp3) is 0.0952. The highest BCUT2D eigenvalue weighted by molar-refractivity contribution is 9.10. The van der Waals surface area contributed by atoms with Crippen LogP contribution < -0.4 is 10.1 Å². The number of nitrogens with zero attached hydrogens (tertiary/aromatic N) is 2. The topological polar surface area (TPSA) is 75.0 Å². The molecule has 1 amide bonds. The van der Waals surface area contributed by atoms with Crippen LogP contribution in [0.25, 0.3) is 6.08 Å². The van der Waals surface area contributed by atoms with E-state index in [1.54, 1.807) is 29.8 Å². The van der Waals surface area contributed by atoms with Gasteiger partial charge in [-0.25, -0.2) is 4.98 Å². The fourth-order valence-electron chi connectivity index (χ4n) is 2.45. The van der Waals surface area contributed by atoms with Gasteiger partial charge in [0.2, 0.25) is 0 Å². The maximum absolute atomic E-state index is 12.2.